The van der Waals surface area contributed by atoms with Crippen molar-refractivity contribution >= 4 is 68.3 Å². The second kappa shape index (κ2) is 20.1. The maximum absolute atomic E-state index is 15.0. The molecule has 0 radical (unpaired) electrons. The number of rotatable bonds is 12. The molecule has 2 saturated carbocycles. The van der Waals surface area contributed by atoms with Crippen LogP contribution in [0.25, 0.3) is 22.3 Å². The van der Waals surface area contributed by atoms with Gasteiger partial charge in [-0.1, -0.05) is 38.2 Å². The summed E-state index contributed by atoms with van der Waals surface area (Å²) in [7, 11) is -2.86. The van der Waals surface area contributed by atoms with E-state index < -0.39 is 65.7 Å². The Balaban J connectivity index is 1.14. The van der Waals surface area contributed by atoms with Gasteiger partial charge in [0.05, 0.1) is 53.1 Å². The number of methoxy groups -OCH3 is 1. The largest absolute Gasteiger partial charge is 0.495 e. The first-order valence-corrected chi connectivity index (χ1v) is 26.5. The van der Waals surface area contributed by atoms with E-state index in [2.05, 4.69) is 21.2 Å². The molecule has 2 aromatic carbocycles. The SMILES string of the molecule is COc1ccc2c(O[C@@H]3C[C@H]4C(=O)C[C@]5(P(=O)(O)Cc6c(F)cccc6F)C[C@@H]5CCCCCCC[C@H](CC(=O)OC5CCCC5)C(=O)N4C3)cc(-c3csc(NC(C)C)n3)nc2c1Br. The molecule has 0 spiro atoms. The lowest BCUT2D eigenvalue weighted by molar-refractivity contribution is -0.154. The normalized spacial score (nSPS) is 25.4. The van der Waals surface area contributed by atoms with Gasteiger partial charge >= 0.3 is 5.97 Å². The van der Waals surface area contributed by atoms with E-state index in [0.29, 0.717) is 57.5 Å². The first kappa shape index (κ1) is 47.5. The molecular weight excluding hydrogens is 941 g/mol. The summed E-state index contributed by atoms with van der Waals surface area (Å²) >= 11 is 5.13. The standard InChI is InChI=1S/C48H58BrF2N4O8PS/c1-28(2)52-47-54-38(27-65-47)37-22-42(33-18-19-41(61-3)44(49)45(33)53-37)62-32-21-39-40(56)24-48(64(59,60)26-34-35(50)16-11-17-36(34)51)23-30(48)13-8-6-4-5-7-12-29(46(58)55(39)25-32)20-43(57)63-31-14-9-10-15-31/h11,16-19,22,27-32,39H,4-10,12-15,20-21,23-26H2,1-3H3,(H,52,54)(H,59,60)/t29-,30+,32-,39+,48-/m1/s1. The maximum Gasteiger partial charge on any atom is 0.306 e. The summed E-state index contributed by atoms with van der Waals surface area (Å²) in [6.45, 7) is 4.06. The molecule has 2 aromatic heterocycles. The number of esters is 1. The van der Waals surface area contributed by atoms with Crippen LogP contribution in [0, 0.1) is 23.5 Å². The van der Waals surface area contributed by atoms with Gasteiger partial charge in [-0.2, -0.15) is 0 Å². The van der Waals surface area contributed by atoms with E-state index in [4.69, 9.17) is 24.2 Å². The summed E-state index contributed by atoms with van der Waals surface area (Å²) in [4.78, 5) is 66.6. The van der Waals surface area contributed by atoms with Gasteiger partial charge in [0.25, 0.3) is 0 Å². The number of carbonyl (C=O) groups is 3. The average molecular weight is 1000 g/mol. The number of ketones is 1. The van der Waals surface area contributed by atoms with Gasteiger partial charge in [0.2, 0.25) is 13.3 Å². The molecule has 2 aliphatic carbocycles. The number of hydrogen-bond donors (Lipinski definition) is 2. The van der Waals surface area contributed by atoms with Gasteiger partial charge in [0.1, 0.15) is 41.0 Å². The summed E-state index contributed by atoms with van der Waals surface area (Å²) in [6, 6.07) is 7.86. The van der Waals surface area contributed by atoms with Crippen LogP contribution >= 0.6 is 34.6 Å². The molecule has 6 atom stereocenters. The molecule has 12 nitrogen and oxygen atoms in total. The summed E-state index contributed by atoms with van der Waals surface area (Å²) in [5.74, 6) is -3.12. The zero-order chi connectivity index (χ0) is 46.0. The van der Waals surface area contributed by atoms with E-state index in [1.807, 2.05) is 25.3 Å². The van der Waals surface area contributed by atoms with E-state index >= 15 is 8.78 Å². The van der Waals surface area contributed by atoms with E-state index in [1.165, 1.54) is 22.3 Å². The summed E-state index contributed by atoms with van der Waals surface area (Å²) in [5.41, 5.74) is 1.22. The molecule has 4 heterocycles. The molecule has 4 aliphatic rings. The quantitative estimate of drug-likeness (QED) is 0.103. The number of aromatic nitrogens is 2. The fourth-order valence-corrected chi connectivity index (χ4v) is 14.3. The summed E-state index contributed by atoms with van der Waals surface area (Å²) in [6.07, 6.45) is 6.80. The fourth-order valence-electron chi connectivity index (χ4n) is 10.2. The molecule has 4 fully saturated rings. The molecular formula is C48H58BrF2N4O8PS. The second-order valence-corrected chi connectivity index (χ2v) is 22.9. The Morgan fingerprint density at radius 1 is 0.985 bits per heavy atom. The predicted octanol–water partition coefficient (Wildman–Crippen LogP) is 11.0. The molecule has 350 valence electrons. The Bertz CT molecular complexity index is 2450. The number of hydrogen-bond acceptors (Lipinski definition) is 11. The Morgan fingerprint density at radius 2 is 1.69 bits per heavy atom. The van der Waals surface area contributed by atoms with E-state index in [1.54, 1.807) is 19.2 Å². The Hall–Kier alpha value is -3.98. The lowest BCUT2D eigenvalue weighted by Gasteiger charge is -2.30. The molecule has 4 aromatic rings. The number of anilines is 1. The molecule has 1 unspecified atom stereocenters. The topological polar surface area (TPSA) is 157 Å². The predicted molar refractivity (Wildman–Crippen MR) is 250 cm³/mol. The number of fused-ring (bicyclic) bond motifs is 3. The first-order valence-electron chi connectivity index (χ1n) is 23.0. The van der Waals surface area contributed by atoms with Crippen LogP contribution in [0.1, 0.15) is 116 Å². The molecule has 1 amide bonds. The van der Waals surface area contributed by atoms with Gasteiger partial charge in [-0.3, -0.25) is 18.9 Å². The zero-order valence-electron chi connectivity index (χ0n) is 37.2. The third kappa shape index (κ3) is 10.5. The summed E-state index contributed by atoms with van der Waals surface area (Å²) in [5, 5.41) is 5.20. The second-order valence-electron chi connectivity index (χ2n) is 18.7. The van der Waals surface area contributed by atoms with Crippen LogP contribution in [0.5, 0.6) is 11.5 Å². The third-order valence-corrected chi connectivity index (χ3v) is 18.1. The van der Waals surface area contributed by atoms with Crippen molar-refractivity contribution in [1.29, 1.82) is 0 Å². The molecule has 0 bridgehead atoms. The molecule has 2 N–H and O–H groups in total. The van der Waals surface area contributed by atoms with E-state index in [0.717, 1.165) is 68.6 Å². The van der Waals surface area contributed by atoms with Crippen molar-refractivity contribution in [2.24, 2.45) is 11.8 Å². The van der Waals surface area contributed by atoms with Gasteiger partial charge in [-0.25, -0.2) is 18.7 Å². The van der Waals surface area contributed by atoms with Crippen molar-refractivity contribution in [2.75, 3.05) is 19.0 Å². The highest BCUT2D eigenvalue weighted by molar-refractivity contribution is 9.10. The molecule has 65 heavy (non-hydrogen) atoms. The molecule has 17 heteroatoms. The highest BCUT2D eigenvalue weighted by Gasteiger charge is 2.66. The Morgan fingerprint density at radius 3 is 2.42 bits per heavy atom. The van der Waals surface area contributed by atoms with Crippen molar-refractivity contribution in [3.63, 3.8) is 0 Å². The number of halogens is 3. The number of nitrogens with zero attached hydrogens (tertiary/aromatic N) is 3. The number of thiazole rings is 1. The molecule has 8 rings (SSSR count). The Labute approximate surface area is 391 Å². The number of benzene rings is 2. The number of pyridine rings is 1. The minimum absolute atomic E-state index is 0.00664. The van der Waals surface area contributed by atoms with Crippen LogP contribution in [-0.2, 0) is 29.8 Å². The van der Waals surface area contributed by atoms with Crippen LogP contribution in [-0.4, -0.2) is 80.5 Å². The average Bonchev–Trinajstić information content (AvgIpc) is 3.68. The lowest BCUT2D eigenvalue weighted by atomic mass is 9.94. The first-order chi connectivity index (χ1) is 31.2. The van der Waals surface area contributed by atoms with Crippen molar-refractivity contribution in [2.45, 2.75) is 146 Å². The fraction of sp³-hybridized carbons (Fsp3) is 0.562. The van der Waals surface area contributed by atoms with Gasteiger partial charge in [0, 0.05) is 47.2 Å². The smallest absolute Gasteiger partial charge is 0.306 e. The highest BCUT2D eigenvalue weighted by atomic mass is 79.9. The van der Waals surface area contributed by atoms with Crippen molar-refractivity contribution < 1.29 is 46.8 Å². The number of amides is 1. The number of Topliss-reactive ketones (excluding diaryl/α,β-unsaturated/α-hetero) is 1. The van der Waals surface area contributed by atoms with Crippen LogP contribution < -0.4 is 14.8 Å². The van der Waals surface area contributed by atoms with Gasteiger partial charge < -0.3 is 29.3 Å². The maximum atomic E-state index is 15.0. The minimum Gasteiger partial charge on any atom is -0.495 e. The molecule has 2 saturated heterocycles. The van der Waals surface area contributed by atoms with Crippen LogP contribution in [0.4, 0.5) is 13.9 Å². The van der Waals surface area contributed by atoms with Crippen LogP contribution in [0.15, 0.2) is 46.3 Å². The monoisotopic (exact) mass is 998 g/mol. The van der Waals surface area contributed by atoms with Crippen molar-refractivity contribution in [3.05, 3.63) is 63.4 Å². The molecule has 2 aliphatic heterocycles. The van der Waals surface area contributed by atoms with Crippen LogP contribution in [0.2, 0.25) is 0 Å². The van der Waals surface area contributed by atoms with Crippen molar-refractivity contribution in [1.82, 2.24) is 14.9 Å². The van der Waals surface area contributed by atoms with E-state index in [9.17, 15) is 23.8 Å². The number of carbonyl (C=O) groups excluding carboxylic acids is 3. The number of ether oxygens (including phenoxy) is 3. The van der Waals surface area contributed by atoms with Gasteiger partial charge in [-0.05, 0) is 105 Å². The third-order valence-electron chi connectivity index (χ3n) is 13.7. The lowest BCUT2D eigenvalue weighted by Crippen LogP contribution is -2.45. The zero-order valence-corrected chi connectivity index (χ0v) is 40.5. The van der Waals surface area contributed by atoms with Crippen molar-refractivity contribution in [3.8, 4) is 22.9 Å². The van der Waals surface area contributed by atoms with Crippen LogP contribution in [0.3, 0.4) is 0 Å². The Kier molecular flexibility index (Phi) is 14.7. The number of nitrogens with one attached hydrogen (secondary N) is 1. The summed E-state index contributed by atoms with van der Waals surface area (Å²) < 4.78 is 63.6. The highest BCUT2D eigenvalue weighted by Crippen LogP contribution is 2.75. The van der Waals surface area contributed by atoms with Gasteiger partial charge in [-0.15, -0.1) is 11.3 Å². The minimum atomic E-state index is -4.43. The van der Waals surface area contributed by atoms with Gasteiger partial charge in [0.15, 0.2) is 10.9 Å². The van der Waals surface area contributed by atoms with E-state index in [-0.39, 0.29) is 56.2 Å².